The van der Waals surface area contributed by atoms with E-state index in [-0.39, 0.29) is 0 Å². The summed E-state index contributed by atoms with van der Waals surface area (Å²) in [7, 11) is 0. The maximum Gasteiger partial charge on any atom is 0.00492 e. The highest BCUT2D eigenvalue weighted by molar-refractivity contribution is 5.33. The lowest BCUT2D eigenvalue weighted by molar-refractivity contribution is 0.753. The molecular weight excluding hydrogens is 144 g/mol. The summed E-state index contributed by atoms with van der Waals surface area (Å²) in [5, 5.41) is 0. The van der Waals surface area contributed by atoms with Gasteiger partial charge in [-0.3, -0.25) is 0 Å². The molecule has 2 aliphatic carbocycles. The molecule has 63 valence electrons. The van der Waals surface area contributed by atoms with Gasteiger partial charge in [-0.2, -0.15) is 0 Å². The van der Waals surface area contributed by atoms with Crippen molar-refractivity contribution in [3.05, 3.63) is 41.9 Å². The van der Waals surface area contributed by atoms with Crippen LogP contribution in [0.5, 0.6) is 0 Å². The smallest absolute Gasteiger partial charge is 0.00492 e. The number of allylic oxidation sites excluding steroid dienone is 6. The predicted molar refractivity (Wildman–Crippen MR) is 52.7 cm³/mol. The maximum atomic E-state index is 2.30. The number of rotatable bonds is 1. The molecule has 12 heavy (non-hydrogen) atoms. The van der Waals surface area contributed by atoms with Crippen molar-refractivity contribution in [2.75, 3.05) is 0 Å². The molecule has 1 radical (unpaired) electrons. The average Bonchev–Trinajstić information content (AvgIpc) is 2.21. The molecule has 0 bridgehead atoms. The molecule has 0 heteroatoms. The molecule has 0 aromatic carbocycles. The summed E-state index contributed by atoms with van der Waals surface area (Å²) in [5.41, 5.74) is 1.60. The predicted octanol–water partition coefficient (Wildman–Crippen LogP) is 3.58. The third-order valence-electron chi connectivity index (χ3n) is 2.61. The highest BCUT2D eigenvalue weighted by Gasteiger charge is 2.15. The first kappa shape index (κ1) is 7.85. The van der Waals surface area contributed by atoms with Crippen molar-refractivity contribution in [3.63, 3.8) is 0 Å². The molecule has 0 spiro atoms. The van der Waals surface area contributed by atoms with Gasteiger partial charge < -0.3 is 0 Å². The van der Waals surface area contributed by atoms with Crippen LogP contribution in [-0.2, 0) is 0 Å². The Labute approximate surface area is 74.7 Å². The SMILES string of the molecule is C1=CCCC([C]2CC=CCC2)=C1. The first-order valence-corrected chi connectivity index (χ1v) is 4.82. The Bertz CT molecular complexity index is 230. The Morgan fingerprint density at radius 2 is 1.83 bits per heavy atom. The van der Waals surface area contributed by atoms with E-state index in [9.17, 15) is 0 Å². The number of hydrogen-bond donors (Lipinski definition) is 0. The number of hydrogen-bond acceptors (Lipinski definition) is 0. The van der Waals surface area contributed by atoms with Gasteiger partial charge >= 0.3 is 0 Å². The zero-order valence-electron chi connectivity index (χ0n) is 7.42. The lowest BCUT2D eigenvalue weighted by atomic mass is 9.84. The van der Waals surface area contributed by atoms with Gasteiger partial charge in [0.25, 0.3) is 0 Å². The minimum atomic E-state index is 1.19. The molecule has 0 saturated heterocycles. The Hall–Kier alpha value is -0.780. The van der Waals surface area contributed by atoms with Gasteiger partial charge in [-0.15, -0.1) is 0 Å². The Morgan fingerprint density at radius 1 is 0.917 bits per heavy atom. The van der Waals surface area contributed by atoms with E-state index >= 15 is 0 Å². The Morgan fingerprint density at radius 3 is 2.50 bits per heavy atom. The van der Waals surface area contributed by atoms with Crippen LogP contribution < -0.4 is 0 Å². The molecule has 0 nitrogen and oxygen atoms in total. The highest BCUT2D eigenvalue weighted by Crippen LogP contribution is 2.31. The maximum absolute atomic E-state index is 2.30. The van der Waals surface area contributed by atoms with Gasteiger partial charge in [0.05, 0.1) is 0 Å². The van der Waals surface area contributed by atoms with E-state index in [1.165, 1.54) is 32.1 Å². The third kappa shape index (κ3) is 1.69. The molecule has 0 aromatic rings. The first-order chi connectivity index (χ1) is 5.97. The van der Waals surface area contributed by atoms with Crippen molar-refractivity contribution in [3.8, 4) is 0 Å². The summed E-state index contributed by atoms with van der Waals surface area (Å²) in [6.07, 6.45) is 17.6. The highest BCUT2D eigenvalue weighted by atomic mass is 14.2. The topological polar surface area (TPSA) is 0 Å². The molecule has 0 aromatic heterocycles. The van der Waals surface area contributed by atoms with E-state index in [1.54, 1.807) is 11.5 Å². The van der Waals surface area contributed by atoms with Gasteiger partial charge in [0.15, 0.2) is 0 Å². The van der Waals surface area contributed by atoms with Crippen LogP contribution in [0.15, 0.2) is 36.0 Å². The second-order valence-corrected chi connectivity index (χ2v) is 3.48. The van der Waals surface area contributed by atoms with Crippen LogP contribution in [0.4, 0.5) is 0 Å². The molecule has 0 unspecified atom stereocenters. The summed E-state index contributed by atoms with van der Waals surface area (Å²) >= 11 is 0. The standard InChI is InChI=1S/C12H15/c1-3-7-11(8-4-1)12-9-5-2-6-10-12/h1-3,5,7H,4,6,8-10H2. The van der Waals surface area contributed by atoms with Crippen LogP contribution in [-0.4, -0.2) is 0 Å². The largest absolute Gasteiger partial charge is 0.0885 e. The zero-order chi connectivity index (χ0) is 8.23. The van der Waals surface area contributed by atoms with Gasteiger partial charge in [-0.25, -0.2) is 0 Å². The second-order valence-electron chi connectivity index (χ2n) is 3.48. The summed E-state index contributed by atoms with van der Waals surface area (Å²) in [4.78, 5) is 0. The molecule has 0 heterocycles. The van der Waals surface area contributed by atoms with Gasteiger partial charge in [-0.05, 0) is 32.1 Å². The normalized spacial score (nSPS) is 24.2. The van der Waals surface area contributed by atoms with Crippen LogP contribution in [0.2, 0.25) is 0 Å². The van der Waals surface area contributed by atoms with E-state index in [2.05, 4.69) is 30.4 Å². The molecule has 0 saturated carbocycles. The Kier molecular flexibility index (Phi) is 2.45. The fourth-order valence-corrected chi connectivity index (χ4v) is 1.89. The van der Waals surface area contributed by atoms with Crippen molar-refractivity contribution in [1.29, 1.82) is 0 Å². The lowest BCUT2D eigenvalue weighted by Gasteiger charge is -2.21. The first-order valence-electron chi connectivity index (χ1n) is 4.82. The van der Waals surface area contributed by atoms with Crippen LogP contribution in [0.25, 0.3) is 0 Å². The van der Waals surface area contributed by atoms with Crippen molar-refractivity contribution in [1.82, 2.24) is 0 Å². The van der Waals surface area contributed by atoms with E-state index in [0.717, 1.165) is 0 Å². The minimum absolute atomic E-state index is 1.19. The fraction of sp³-hybridized carbons (Fsp3) is 0.417. The molecule has 2 rings (SSSR count). The van der Waals surface area contributed by atoms with Gasteiger partial charge in [0, 0.05) is 5.92 Å². The molecular formula is C12H15. The summed E-state index contributed by atoms with van der Waals surface area (Å²) in [6.45, 7) is 0. The van der Waals surface area contributed by atoms with E-state index in [1.807, 2.05) is 0 Å². The fourth-order valence-electron chi connectivity index (χ4n) is 1.89. The van der Waals surface area contributed by atoms with Crippen LogP contribution in [0, 0.1) is 5.92 Å². The van der Waals surface area contributed by atoms with Gasteiger partial charge in [-0.1, -0.05) is 36.0 Å². The van der Waals surface area contributed by atoms with Crippen LogP contribution >= 0.6 is 0 Å². The minimum Gasteiger partial charge on any atom is -0.0885 e. The Balaban J connectivity index is 2.03. The van der Waals surface area contributed by atoms with Gasteiger partial charge in [0.2, 0.25) is 0 Å². The molecule has 0 fully saturated rings. The molecule has 2 aliphatic rings. The average molecular weight is 159 g/mol. The van der Waals surface area contributed by atoms with E-state index < -0.39 is 0 Å². The van der Waals surface area contributed by atoms with Gasteiger partial charge in [0.1, 0.15) is 0 Å². The van der Waals surface area contributed by atoms with Crippen LogP contribution in [0.1, 0.15) is 32.1 Å². The van der Waals surface area contributed by atoms with E-state index in [0.29, 0.717) is 0 Å². The molecule has 0 amide bonds. The lowest BCUT2D eigenvalue weighted by Crippen LogP contribution is -2.04. The molecule has 0 aliphatic heterocycles. The monoisotopic (exact) mass is 159 g/mol. The van der Waals surface area contributed by atoms with Crippen molar-refractivity contribution in [2.45, 2.75) is 32.1 Å². The van der Waals surface area contributed by atoms with Crippen LogP contribution in [0.3, 0.4) is 0 Å². The van der Waals surface area contributed by atoms with Crippen molar-refractivity contribution < 1.29 is 0 Å². The quantitative estimate of drug-likeness (QED) is 0.513. The zero-order valence-corrected chi connectivity index (χ0v) is 7.42. The molecule has 0 atom stereocenters. The summed E-state index contributed by atoms with van der Waals surface area (Å²) in [5.74, 6) is 1.67. The third-order valence-corrected chi connectivity index (χ3v) is 2.61. The second kappa shape index (κ2) is 3.75. The van der Waals surface area contributed by atoms with E-state index in [4.69, 9.17) is 0 Å². The van der Waals surface area contributed by atoms with Crippen molar-refractivity contribution >= 4 is 0 Å². The van der Waals surface area contributed by atoms with Crippen molar-refractivity contribution in [2.24, 2.45) is 0 Å². The molecule has 0 N–H and O–H groups in total. The summed E-state index contributed by atoms with van der Waals surface area (Å²) in [6, 6.07) is 0. The summed E-state index contributed by atoms with van der Waals surface area (Å²) < 4.78 is 0.